The highest BCUT2D eigenvalue weighted by Gasteiger charge is 2.07. The molecule has 6 heteroatoms. The highest BCUT2D eigenvalue weighted by Crippen LogP contribution is 2.13. The van der Waals surface area contributed by atoms with Crippen LogP contribution in [0.25, 0.3) is 0 Å². The van der Waals surface area contributed by atoms with Crippen molar-refractivity contribution in [1.82, 2.24) is 15.1 Å². The zero-order valence-electron chi connectivity index (χ0n) is 10.2. The van der Waals surface area contributed by atoms with Crippen molar-refractivity contribution in [2.75, 3.05) is 13.2 Å². The van der Waals surface area contributed by atoms with Gasteiger partial charge in [-0.2, -0.15) is 5.10 Å². The van der Waals surface area contributed by atoms with Crippen molar-refractivity contribution in [3.05, 3.63) is 40.3 Å². The summed E-state index contributed by atoms with van der Waals surface area (Å²) >= 11 is 1.39. The molecule has 98 valence electrons. The molecule has 0 atom stereocenters. The van der Waals surface area contributed by atoms with Crippen molar-refractivity contribution in [2.24, 2.45) is 0 Å². The van der Waals surface area contributed by atoms with Gasteiger partial charge in [-0.3, -0.25) is 9.48 Å². The second-order valence-electron chi connectivity index (χ2n) is 3.68. The fourth-order valence-corrected chi connectivity index (χ4v) is 2.22. The summed E-state index contributed by atoms with van der Waals surface area (Å²) in [5.41, 5.74) is 0.590. The second kappa shape index (κ2) is 6.73. The van der Waals surface area contributed by atoms with Crippen molar-refractivity contribution in [3.63, 3.8) is 0 Å². The fraction of sp³-hybridized carbons (Fsp3) is 0.231. The third kappa shape index (κ3) is 3.95. The van der Waals surface area contributed by atoms with Gasteiger partial charge in [-0.25, -0.2) is 0 Å². The molecule has 5 nitrogen and oxygen atoms in total. The van der Waals surface area contributed by atoms with E-state index in [1.165, 1.54) is 11.3 Å². The summed E-state index contributed by atoms with van der Waals surface area (Å²) in [5.74, 6) is 5.20. The minimum atomic E-state index is -0.177. The molecule has 0 unspecified atom stereocenters. The number of hydrogen-bond donors (Lipinski definition) is 2. The lowest BCUT2D eigenvalue weighted by molar-refractivity contribution is 0.0952. The first-order valence-electron chi connectivity index (χ1n) is 5.73. The molecular formula is C13H13N3O2S. The number of carbonyl (C=O) groups is 1. The number of rotatable bonds is 4. The standard InChI is InChI=1S/C13H13N3O2S/c17-8-1-3-12-9-11(10-19-12)13(18)14-5-7-16-6-2-4-15-16/h2,4,6,9-10,17H,5,7-8H2,(H,14,18). The first-order valence-corrected chi connectivity index (χ1v) is 6.61. The van der Waals surface area contributed by atoms with Gasteiger partial charge in [-0.1, -0.05) is 11.8 Å². The van der Waals surface area contributed by atoms with Crippen LogP contribution < -0.4 is 5.32 Å². The molecule has 2 rings (SSSR count). The number of carbonyl (C=O) groups excluding carboxylic acids is 1. The fourth-order valence-electron chi connectivity index (χ4n) is 1.47. The number of aliphatic hydroxyl groups excluding tert-OH is 1. The Hall–Kier alpha value is -2.10. The van der Waals surface area contributed by atoms with Gasteiger partial charge in [0.1, 0.15) is 6.61 Å². The largest absolute Gasteiger partial charge is 0.384 e. The summed E-state index contributed by atoms with van der Waals surface area (Å²) in [7, 11) is 0. The number of thiophene rings is 1. The lowest BCUT2D eigenvalue weighted by atomic mass is 10.3. The molecule has 0 fully saturated rings. The average molecular weight is 275 g/mol. The SMILES string of the molecule is O=C(NCCn1cccn1)c1csc(C#CCO)c1. The topological polar surface area (TPSA) is 67.2 Å². The van der Waals surface area contributed by atoms with Gasteiger partial charge in [0, 0.05) is 24.3 Å². The lowest BCUT2D eigenvalue weighted by Gasteiger charge is -2.03. The maximum absolute atomic E-state index is 11.8. The predicted molar refractivity (Wildman–Crippen MR) is 72.8 cm³/mol. The van der Waals surface area contributed by atoms with Gasteiger partial charge >= 0.3 is 0 Å². The Morgan fingerprint density at radius 3 is 3.21 bits per heavy atom. The monoisotopic (exact) mass is 275 g/mol. The summed E-state index contributed by atoms with van der Waals surface area (Å²) < 4.78 is 1.76. The van der Waals surface area contributed by atoms with Crippen molar-refractivity contribution in [1.29, 1.82) is 0 Å². The molecule has 19 heavy (non-hydrogen) atoms. The van der Waals surface area contributed by atoms with E-state index in [4.69, 9.17) is 5.11 Å². The number of aromatic nitrogens is 2. The molecule has 2 heterocycles. The van der Waals surface area contributed by atoms with E-state index in [2.05, 4.69) is 22.3 Å². The smallest absolute Gasteiger partial charge is 0.252 e. The van der Waals surface area contributed by atoms with Crippen LogP contribution in [0.5, 0.6) is 0 Å². The molecule has 0 saturated heterocycles. The molecule has 2 aromatic rings. The van der Waals surface area contributed by atoms with Crippen LogP contribution in [0, 0.1) is 11.8 Å². The third-order valence-electron chi connectivity index (χ3n) is 2.34. The normalized spacial score (nSPS) is 9.74. The molecule has 0 bridgehead atoms. The molecule has 1 amide bonds. The number of amides is 1. The predicted octanol–water partition coefficient (Wildman–Crippen LogP) is 0.718. The zero-order valence-corrected chi connectivity index (χ0v) is 11.0. The van der Waals surface area contributed by atoms with Crippen molar-refractivity contribution >= 4 is 17.2 Å². The van der Waals surface area contributed by atoms with E-state index in [1.54, 1.807) is 22.3 Å². The number of nitrogens with zero attached hydrogens (tertiary/aromatic N) is 2. The number of hydrogen-bond acceptors (Lipinski definition) is 4. The van der Waals surface area contributed by atoms with Gasteiger partial charge in [0.15, 0.2) is 0 Å². The van der Waals surface area contributed by atoms with Crippen LogP contribution >= 0.6 is 11.3 Å². The third-order valence-corrected chi connectivity index (χ3v) is 3.18. The van der Waals surface area contributed by atoms with Crippen LogP contribution in [-0.2, 0) is 6.54 Å². The summed E-state index contributed by atoms with van der Waals surface area (Å²) in [6.07, 6.45) is 3.55. The highest BCUT2D eigenvalue weighted by molar-refractivity contribution is 7.10. The highest BCUT2D eigenvalue weighted by atomic mass is 32.1. The zero-order chi connectivity index (χ0) is 13.5. The molecule has 0 aromatic carbocycles. The molecule has 0 spiro atoms. The Balaban J connectivity index is 1.84. The van der Waals surface area contributed by atoms with Gasteiger partial charge < -0.3 is 10.4 Å². The van der Waals surface area contributed by atoms with E-state index < -0.39 is 0 Å². The molecular weight excluding hydrogens is 262 g/mol. The Bertz CT molecular complexity index is 593. The van der Waals surface area contributed by atoms with Crippen LogP contribution in [0.15, 0.2) is 29.9 Å². The van der Waals surface area contributed by atoms with E-state index in [0.29, 0.717) is 18.7 Å². The van der Waals surface area contributed by atoms with Crippen molar-refractivity contribution in [2.45, 2.75) is 6.54 Å². The van der Waals surface area contributed by atoms with E-state index >= 15 is 0 Å². The van der Waals surface area contributed by atoms with E-state index in [9.17, 15) is 4.79 Å². The maximum atomic E-state index is 11.8. The minimum absolute atomic E-state index is 0.125. The molecule has 0 aliphatic rings. The molecule has 0 aliphatic heterocycles. The van der Waals surface area contributed by atoms with Crippen LogP contribution in [0.2, 0.25) is 0 Å². The lowest BCUT2D eigenvalue weighted by Crippen LogP contribution is -2.26. The number of aliphatic hydroxyl groups is 1. The van der Waals surface area contributed by atoms with Crippen molar-refractivity contribution in [3.8, 4) is 11.8 Å². The Morgan fingerprint density at radius 1 is 1.58 bits per heavy atom. The summed E-state index contributed by atoms with van der Waals surface area (Å²) in [4.78, 5) is 12.6. The second-order valence-corrected chi connectivity index (χ2v) is 4.60. The molecule has 2 N–H and O–H groups in total. The van der Waals surface area contributed by atoms with Gasteiger partial charge in [0.05, 0.1) is 17.0 Å². The average Bonchev–Trinajstić information content (AvgIpc) is 3.07. The van der Waals surface area contributed by atoms with Gasteiger partial charge in [0.25, 0.3) is 5.91 Å². The minimum Gasteiger partial charge on any atom is -0.384 e. The van der Waals surface area contributed by atoms with Gasteiger partial charge in [-0.15, -0.1) is 11.3 Å². The van der Waals surface area contributed by atoms with E-state index in [0.717, 1.165) is 4.88 Å². The molecule has 2 aromatic heterocycles. The summed E-state index contributed by atoms with van der Waals surface area (Å²) in [6, 6.07) is 3.56. The van der Waals surface area contributed by atoms with Crippen molar-refractivity contribution < 1.29 is 9.90 Å². The number of nitrogens with one attached hydrogen (secondary N) is 1. The summed E-state index contributed by atoms with van der Waals surface area (Å²) in [6.45, 7) is 0.983. The first kappa shape index (κ1) is 13.3. The maximum Gasteiger partial charge on any atom is 0.252 e. The molecule has 0 radical (unpaired) electrons. The Labute approximate surface area is 114 Å². The summed E-state index contributed by atoms with van der Waals surface area (Å²) in [5, 5.41) is 17.2. The van der Waals surface area contributed by atoms with Gasteiger partial charge in [-0.05, 0) is 12.1 Å². The van der Waals surface area contributed by atoms with Crippen LogP contribution in [0.3, 0.4) is 0 Å². The van der Waals surface area contributed by atoms with Crippen LogP contribution in [0.4, 0.5) is 0 Å². The van der Waals surface area contributed by atoms with E-state index in [-0.39, 0.29) is 12.5 Å². The first-order chi connectivity index (χ1) is 9.29. The quantitative estimate of drug-likeness (QED) is 0.808. The van der Waals surface area contributed by atoms with Crippen LogP contribution in [0.1, 0.15) is 15.2 Å². The Kier molecular flexibility index (Phi) is 4.72. The molecule has 0 saturated carbocycles. The molecule has 0 aliphatic carbocycles. The van der Waals surface area contributed by atoms with Gasteiger partial charge in [0.2, 0.25) is 0 Å². The van der Waals surface area contributed by atoms with Crippen LogP contribution in [-0.4, -0.2) is 33.9 Å². The Morgan fingerprint density at radius 2 is 2.47 bits per heavy atom. The van der Waals surface area contributed by atoms with E-state index in [1.807, 2.05) is 12.3 Å².